The molecule has 5 nitrogen and oxygen atoms in total. The van der Waals surface area contributed by atoms with Crippen LogP contribution in [0.3, 0.4) is 0 Å². The highest BCUT2D eigenvalue weighted by molar-refractivity contribution is 5.45. The Labute approximate surface area is 86.6 Å². The second kappa shape index (κ2) is 4.30. The van der Waals surface area contributed by atoms with Crippen molar-refractivity contribution in [2.24, 2.45) is 5.11 Å². The zero-order valence-electron chi connectivity index (χ0n) is 7.98. The van der Waals surface area contributed by atoms with Crippen molar-refractivity contribution in [2.75, 3.05) is 0 Å². The van der Waals surface area contributed by atoms with Crippen molar-refractivity contribution in [3.05, 3.63) is 58.7 Å². The number of rotatable bonds is 3. The predicted molar refractivity (Wildman–Crippen MR) is 56.6 cm³/mol. The Kier molecular flexibility index (Phi) is 2.67. The minimum Gasteiger partial charge on any atom is -0.268 e. The van der Waals surface area contributed by atoms with Gasteiger partial charge in [-0.2, -0.15) is 5.10 Å². The molecule has 0 saturated carbocycles. The molecule has 2 aromatic rings. The highest BCUT2D eigenvalue weighted by atomic mass is 15.3. The van der Waals surface area contributed by atoms with E-state index in [1.54, 1.807) is 16.9 Å². The smallest absolute Gasteiger partial charge is 0.0663 e. The van der Waals surface area contributed by atoms with E-state index in [-0.39, 0.29) is 0 Å². The van der Waals surface area contributed by atoms with Gasteiger partial charge in [0, 0.05) is 23.0 Å². The van der Waals surface area contributed by atoms with Gasteiger partial charge in [-0.1, -0.05) is 29.4 Å². The second-order valence-corrected chi connectivity index (χ2v) is 3.02. The fraction of sp³-hybridized carbons (Fsp3) is 0.100. The third-order valence-electron chi connectivity index (χ3n) is 2.04. The molecule has 0 aliphatic heterocycles. The first-order chi connectivity index (χ1) is 7.40. The van der Waals surface area contributed by atoms with Crippen LogP contribution in [0.1, 0.15) is 5.56 Å². The Morgan fingerprint density at radius 3 is 2.93 bits per heavy atom. The molecular formula is C10H9N5. The van der Waals surface area contributed by atoms with Gasteiger partial charge < -0.3 is 0 Å². The quantitative estimate of drug-likeness (QED) is 0.425. The Hall–Kier alpha value is -2.26. The fourth-order valence-corrected chi connectivity index (χ4v) is 1.36. The number of nitrogens with zero attached hydrogens (tertiary/aromatic N) is 5. The molecular weight excluding hydrogens is 190 g/mol. The van der Waals surface area contributed by atoms with Gasteiger partial charge in [-0.25, -0.2) is 0 Å². The SMILES string of the molecule is [N-]=[N+]=Nc1ccccc1Cn1cccn1. The zero-order chi connectivity index (χ0) is 10.5. The highest BCUT2D eigenvalue weighted by Gasteiger charge is 2.00. The van der Waals surface area contributed by atoms with Crippen LogP contribution in [-0.4, -0.2) is 9.78 Å². The van der Waals surface area contributed by atoms with Gasteiger partial charge >= 0.3 is 0 Å². The Bertz CT molecular complexity index is 482. The van der Waals surface area contributed by atoms with Crippen LogP contribution in [0.15, 0.2) is 47.8 Å². The van der Waals surface area contributed by atoms with Gasteiger partial charge in [0.1, 0.15) is 0 Å². The minimum absolute atomic E-state index is 0.613. The summed E-state index contributed by atoms with van der Waals surface area (Å²) in [7, 11) is 0. The molecule has 0 atom stereocenters. The number of hydrogen-bond donors (Lipinski definition) is 0. The standard InChI is InChI=1S/C10H9N5/c11-14-13-10-5-2-1-4-9(10)8-15-7-3-6-12-15/h1-7H,8H2. The third-order valence-corrected chi connectivity index (χ3v) is 2.04. The molecule has 0 fully saturated rings. The van der Waals surface area contributed by atoms with Gasteiger partial charge in [-0.15, -0.1) is 0 Å². The molecule has 15 heavy (non-hydrogen) atoms. The Morgan fingerprint density at radius 1 is 1.33 bits per heavy atom. The second-order valence-electron chi connectivity index (χ2n) is 3.02. The van der Waals surface area contributed by atoms with Crippen LogP contribution in [0.4, 0.5) is 5.69 Å². The molecule has 1 aromatic heterocycles. The van der Waals surface area contributed by atoms with Crippen molar-refractivity contribution in [1.82, 2.24) is 9.78 Å². The summed E-state index contributed by atoms with van der Waals surface area (Å²) in [5.74, 6) is 0. The first-order valence-electron chi connectivity index (χ1n) is 4.50. The monoisotopic (exact) mass is 199 g/mol. The summed E-state index contributed by atoms with van der Waals surface area (Å²) < 4.78 is 1.78. The molecule has 0 amide bonds. The van der Waals surface area contributed by atoms with Crippen LogP contribution in [0.2, 0.25) is 0 Å². The van der Waals surface area contributed by atoms with Crippen LogP contribution >= 0.6 is 0 Å². The lowest BCUT2D eigenvalue weighted by atomic mass is 10.2. The number of hydrogen-bond acceptors (Lipinski definition) is 2. The van der Waals surface area contributed by atoms with Crippen LogP contribution in [0.5, 0.6) is 0 Å². The van der Waals surface area contributed by atoms with E-state index < -0.39 is 0 Å². The average molecular weight is 199 g/mol. The molecule has 5 heteroatoms. The van der Waals surface area contributed by atoms with E-state index in [2.05, 4.69) is 15.1 Å². The maximum Gasteiger partial charge on any atom is 0.0663 e. The molecule has 1 aromatic carbocycles. The lowest BCUT2D eigenvalue weighted by Crippen LogP contribution is -1.99. The fourth-order valence-electron chi connectivity index (χ4n) is 1.36. The summed E-state index contributed by atoms with van der Waals surface area (Å²) in [6, 6.07) is 9.33. The van der Waals surface area contributed by atoms with Gasteiger partial charge in [-0.05, 0) is 17.2 Å². The van der Waals surface area contributed by atoms with Gasteiger partial charge in [0.25, 0.3) is 0 Å². The summed E-state index contributed by atoms with van der Waals surface area (Å²) in [4.78, 5) is 2.79. The number of aromatic nitrogens is 2. The first-order valence-corrected chi connectivity index (χ1v) is 4.50. The van der Waals surface area contributed by atoms with Crippen LogP contribution < -0.4 is 0 Å². The molecule has 0 spiro atoms. The van der Waals surface area contributed by atoms with Crippen molar-refractivity contribution < 1.29 is 0 Å². The number of azide groups is 1. The largest absolute Gasteiger partial charge is 0.268 e. The first kappa shape index (κ1) is 9.30. The summed E-state index contributed by atoms with van der Waals surface area (Å²) >= 11 is 0. The van der Waals surface area contributed by atoms with E-state index >= 15 is 0 Å². The molecule has 74 valence electrons. The zero-order valence-corrected chi connectivity index (χ0v) is 7.98. The summed E-state index contributed by atoms with van der Waals surface area (Å²) in [6.07, 6.45) is 3.59. The van der Waals surface area contributed by atoms with Crippen molar-refractivity contribution in [1.29, 1.82) is 0 Å². The van der Waals surface area contributed by atoms with Crippen molar-refractivity contribution in [3.8, 4) is 0 Å². The van der Waals surface area contributed by atoms with Gasteiger partial charge in [0.2, 0.25) is 0 Å². The topological polar surface area (TPSA) is 66.6 Å². The van der Waals surface area contributed by atoms with Crippen LogP contribution in [-0.2, 0) is 6.54 Å². The molecule has 2 rings (SSSR count). The highest BCUT2D eigenvalue weighted by Crippen LogP contribution is 2.19. The van der Waals surface area contributed by atoms with E-state index in [0.29, 0.717) is 12.2 Å². The summed E-state index contributed by atoms with van der Waals surface area (Å²) in [5, 5.41) is 7.72. The van der Waals surface area contributed by atoms with Crippen LogP contribution in [0.25, 0.3) is 10.4 Å². The molecule has 0 aliphatic rings. The van der Waals surface area contributed by atoms with Gasteiger partial charge in [0.15, 0.2) is 0 Å². The van der Waals surface area contributed by atoms with Crippen molar-refractivity contribution in [3.63, 3.8) is 0 Å². The maximum atomic E-state index is 8.41. The van der Waals surface area contributed by atoms with Crippen molar-refractivity contribution >= 4 is 5.69 Å². The molecule has 0 aliphatic carbocycles. The molecule has 0 unspecified atom stereocenters. The lowest BCUT2D eigenvalue weighted by Gasteiger charge is -2.04. The van der Waals surface area contributed by atoms with Crippen LogP contribution in [0, 0.1) is 0 Å². The predicted octanol–water partition coefficient (Wildman–Crippen LogP) is 2.87. The van der Waals surface area contributed by atoms with Crippen molar-refractivity contribution in [2.45, 2.75) is 6.54 Å². The van der Waals surface area contributed by atoms with Gasteiger partial charge in [0.05, 0.1) is 6.54 Å². The third kappa shape index (κ3) is 2.15. The molecule has 0 saturated heterocycles. The summed E-state index contributed by atoms with van der Waals surface area (Å²) in [6.45, 7) is 0.613. The van der Waals surface area contributed by atoms with Gasteiger partial charge in [-0.3, -0.25) is 4.68 Å². The normalized spacial score (nSPS) is 9.60. The molecule has 1 heterocycles. The number of benzene rings is 1. The Balaban J connectivity index is 2.31. The molecule has 0 N–H and O–H groups in total. The van der Waals surface area contributed by atoms with E-state index in [9.17, 15) is 0 Å². The lowest BCUT2D eigenvalue weighted by molar-refractivity contribution is 0.687. The average Bonchev–Trinajstić information content (AvgIpc) is 2.74. The molecule has 0 bridgehead atoms. The van der Waals surface area contributed by atoms with E-state index in [1.165, 1.54) is 0 Å². The van der Waals surface area contributed by atoms with E-state index in [0.717, 1.165) is 5.56 Å². The maximum absolute atomic E-state index is 8.41. The minimum atomic E-state index is 0.613. The molecule has 0 radical (unpaired) electrons. The Morgan fingerprint density at radius 2 is 2.20 bits per heavy atom. The van der Waals surface area contributed by atoms with E-state index in [1.807, 2.05) is 30.5 Å². The van der Waals surface area contributed by atoms with E-state index in [4.69, 9.17) is 5.53 Å². The summed E-state index contributed by atoms with van der Waals surface area (Å²) in [5.41, 5.74) is 10.0.